The first-order chi connectivity index (χ1) is 5.57. The maximum Gasteiger partial charge on any atom is 0.225 e. The Hall–Kier alpha value is -0.270. The molecule has 1 fully saturated rings. The highest BCUT2D eigenvalue weighted by Gasteiger charge is 2.45. The van der Waals surface area contributed by atoms with Gasteiger partial charge in [0.25, 0.3) is 0 Å². The third-order valence-corrected chi connectivity index (χ3v) is 1.85. The molecular formula is C6H11FO5. The Bertz CT molecular complexity index is 153. The minimum Gasteiger partial charge on any atom is -0.394 e. The molecule has 1 saturated heterocycles. The molecule has 6 heteroatoms. The highest BCUT2D eigenvalue weighted by atomic mass is 19.1. The van der Waals surface area contributed by atoms with E-state index in [0.29, 0.717) is 0 Å². The van der Waals surface area contributed by atoms with Crippen LogP contribution in [-0.2, 0) is 4.74 Å². The van der Waals surface area contributed by atoms with Crippen LogP contribution in [0.5, 0.6) is 0 Å². The van der Waals surface area contributed by atoms with Crippen LogP contribution >= 0.6 is 0 Å². The van der Waals surface area contributed by atoms with Crippen LogP contribution in [0.2, 0.25) is 0 Å². The molecule has 0 radical (unpaired) electrons. The van der Waals surface area contributed by atoms with Crippen LogP contribution < -0.4 is 0 Å². The van der Waals surface area contributed by atoms with E-state index in [-0.39, 0.29) is 0 Å². The van der Waals surface area contributed by atoms with Crippen molar-refractivity contribution in [3.63, 3.8) is 0 Å². The quantitative estimate of drug-likeness (QED) is 0.387. The zero-order valence-electron chi connectivity index (χ0n) is 6.17. The predicted octanol–water partition coefficient (Wildman–Crippen LogP) is -2.24. The van der Waals surface area contributed by atoms with Gasteiger partial charge in [-0.15, -0.1) is 0 Å². The van der Waals surface area contributed by atoms with Gasteiger partial charge >= 0.3 is 0 Å². The number of hydrogen-bond acceptors (Lipinski definition) is 5. The highest BCUT2D eigenvalue weighted by molar-refractivity contribution is 4.91. The van der Waals surface area contributed by atoms with Gasteiger partial charge in [-0.1, -0.05) is 0 Å². The molecule has 1 aliphatic heterocycles. The first-order valence-corrected chi connectivity index (χ1v) is 3.52. The Morgan fingerprint density at radius 3 is 2.17 bits per heavy atom. The number of rotatable bonds is 2. The van der Waals surface area contributed by atoms with Crippen molar-refractivity contribution >= 4 is 0 Å². The summed E-state index contributed by atoms with van der Waals surface area (Å²) in [4.78, 5) is 0. The molecule has 0 spiro atoms. The Morgan fingerprint density at radius 1 is 1.33 bits per heavy atom. The van der Waals surface area contributed by atoms with Crippen molar-refractivity contribution in [1.29, 1.82) is 0 Å². The lowest BCUT2D eigenvalue weighted by Gasteiger charge is -2.13. The SMILES string of the molecule is OC[C@H]1O[C@@H](C(O)F)[C@@H](O)[C@@H]1O. The molecule has 0 saturated carbocycles. The van der Waals surface area contributed by atoms with Crippen LogP contribution in [-0.4, -0.2) is 57.8 Å². The van der Waals surface area contributed by atoms with Gasteiger partial charge in [-0.2, -0.15) is 0 Å². The van der Waals surface area contributed by atoms with Gasteiger partial charge in [-0.05, 0) is 0 Å². The van der Waals surface area contributed by atoms with Gasteiger partial charge in [-0.3, -0.25) is 0 Å². The Labute approximate surface area is 68.0 Å². The van der Waals surface area contributed by atoms with E-state index in [1.165, 1.54) is 0 Å². The zero-order chi connectivity index (χ0) is 9.30. The van der Waals surface area contributed by atoms with Gasteiger partial charge in [0.2, 0.25) is 6.36 Å². The average Bonchev–Trinajstić information content (AvgIpc) is 2.30. The van der Waals surface area contributed by atoms with E-state index in [2.05, 4.69) is 4.74 Å². The van der Waals surface area contributed by atoms with Crippen LogP contribution in [0.3, 0.4) is 0 Å². The minimum absolute atomic E-state index is 0.526. The summed E-state index contributed by atoms with van der Waals surface area (Å²) in [7, 11) is 0. The summed E-state index contributed by atoms with van der Waals surface area (Å²) in [6.07, 6.45) is -7.72. The van der Waals surface area contributed by atoms with E-state index >= 15 is 0 Å². The Morgan fingerprint density at radius 2 is 1.92 bits per heavy atom. The molecule has 0 aromatic heterocycles. The Balaban J connectivity index is 2.60. The monoisotopic (exact) mass is 182 g/mol. The second kappa shape index (κ2) is 3.63. The minimum atomic E-state index is -2.36. The number of alkyl halides is 1. The van der Waals surface area contributed by atoms with Gasteiger partial charge in [0, 0.05) is 0 Å². The molecule has 0 aromatic rings. The van der Waals surface area contributed by atoms with E-state index in [1.807, 2.05) is 0 Å². The maximum absolute atomic E-state index is 12.2. The van der Waals surface area contributed by atoms with E-state index in [4.69, 9.17) is 20.4 Å². The van der Waals surface area contributed by atoms with E-state index in [9.17, 15) is 4.39 Å². The van der Waals surface area contributed by atoms with Gasteiger partial charge in [0.15, 0.2) is 0 Å². The zero-order valence-corrected chi connectivity index (χ0v) is 6.17. The van der Waals surface area contributed by atoms with Crippen molar-refractivity contribution in [3.8, 4) is 0 Å². The molecule has 0 amide bonds. The number of aliphatic hydroxyl groups is 4. The van der Waals surface area contributed by atoms with Crippen molar-refractivity contribution in [3.05, 3.63) is 0 Å². The summed E-state index contributed by atoms with van der Waals surface area (Å²) in [6, 6.07) is 0. The molecule has 0 aliphatic carbocycles. The van der Waals surface area contributed by atoms with Crippen LogP contribution in [0.1, 0.15) is 0 Å². The molecule has 4 N–H and O–H groups in total. The van der Waals surface area contributed by atoms with Crippen molar-refractivity contribution < 1.29 is 29.6 Å². The smallest absolute Gasteiger partial charge is 0.225 e. The van der Waals surface area contributed by atoms with Gasteiger partial charge < -0.3 is 25.2 Å². The normalized spacial score (nSPS) is 44.8. The Kier molecular flexibility index (Phi) is 2.97. The lowest BCUT2D eigenvalue weighted by molar-refractivity contribution is -0.123. The predicted molar refractivity (Wildman–Crippen MR) is 34.9 cm³/mol. The van der Waals surface area contributed by atoms with Gasteiger partial charge in [0.1, 0.15) is 24.4 Å². The standard InChI is InChI=1S/C6H11FO5/c7-6(11)5-4(10)3(9)2(1-8)12-5/h2-6,8-11H,1H2/t2-,3-,4+,5-,6?/m1/s1. The fourth-order valence-corrected chi connectivity index (χ4v) is 1.16. The highest BCUT2D eigenvalue weighted by Crippen LogP contribution is 2.23. The molecule has 12 heavy (non-hydrogen) atoms. The van der Waals surface area contributed by atoms with Crippen LogP contribution in [0.15, 0.2) is 0 Å². The average molecular weight is 182 g/mol. The molecule has 5 nitrogen and oxygen atoms in total. The summed E-state index contributed by atoms with van der Waals surface area (Å²) >= 11 is 0. The van der Waals surface area contributed by atoms with Crippen LogP contribution in [0.4, 0.5) is 4.39 Å². The first kappa shape index (κ1) is 9.82. The summed E-state index contributed by atoms with van der Waals surface area (Å²) in [6.45, 7) is -0.526. The summed E-state index contributed by atoms with van der Waals surface area (Å²) < 4.78 is 16.8. The van der Waals surface area contributed by atoms with E-state index < -0.39 is 37.4 Å². The maximum atomic E-state index is 12.2. The van der Waals surface area contributed by atoms with Gasteiger partial charge in [-0.25, -0.2) is 4.39 Å². The molecule has 0 aromatic carbocycles. The third kappa shape index (κ3) is 1.57. The summed E-state index contributed by atoms with van der Waals surface area (Å²) in [5, 5.41) is 35.1. The van der Waals surface area contributed by atoms with Crippen molar-refractivity contribution in [2.45, 2.75) is 30.8 Å². The van der Waals surface area contributed by atoms with E-state index in [0.717, 1.165) is 0 Å². The van der Waals surface area contributed by atoms with Crippen LogP contribution in [0, 0.1) is 0 Å². The lowest BCUT2D eigenvalue weighted by Crippen LogP contribution is -2.37. The molecule has 1 rings (SSSR count). The molecular weight excluding hydrogens is 171 g/mol. The molecule has 1 heterocycles. The first-order valence-electron chi connectivity index (χ1n) is 3.52. The fourth-order valence-electron chi connectivity index (χ4n) is 1.16. The van der Waals surface area contributed by atoms with Crippen molar-refractivity contribution in [1.82, 2.24) is 0 Å². The molecule has 5 atom stereocenters. The topological polar surface area (TPSA) is 90.2 Å². The second-order valence-electron chi connectivity index (χ2n) is 2.68. The molecule has 0 bridgehead atoms. The number of ether oxygens (including phenoxy) is 1. The van der Waals surface area contributed by atoms with Gasteiger partial charge in [0.05, 0.1) is 6.61 Å². The van der Waals surface area contributed by atoms with Crippen molar-refractivity contribution in [2.24, 2.45) is 0 Å². The number of halogens is 1. The fraction of sp³-hybridized carbons (Fsp3) is 1.00. The second-order valence-corrected chi connectivity index (χ2v) is 2.68. The van der Waals surface area contributed by atoms with Crippen LogP contribution in [0.25, 0.3) is 0 Å². The van der Waals surface area contributed by atoms with Crippen molar-refractivity contribution in [2.75, 3.05) is 6.61 Å². The summed E-state index contributed by atoms with van der Waals surface area (Å²) in [5.41, 5.74) is 0. The lowest BCUT2D eigenvalue weighted by atomic mass is 10.1. The van der Waals surface area contributed by atoms with E-state index in [1.54, 1.807) is 0 Å². The number of hydrogen-bond donors (Lipinski definition) is 4. The largest absolute Gasteiger partial charge is 0.394 e. The molecule has 1 unspecified atom stereocenters. The summed E-state index contributed by atoms with van der Waals surface area (Å²) in [5.74, 6) is 0. The third-order valence-electron chi connectivity index (χ3n) is 1.85. The molecule has 72 valence electrons. The number of aliphatic hydroxyl groups excluding tert-OH is 4. The molecule has 1 aliphatic rings.